The van der Waals surface area contributed by atoms with Crippen LogP contribution in [0.2, 0.25) is 0 Å². The number of rotatable bonds is 9. The van der Waals surface area contributed by atoms with Gasteiger partial charge in [0.1, 0.15) is 11.1 Å². The Balaban J connectivity index is 1.77. The molecule has 0 unspecified atom stereocenters. The van der Waals surface area contributed by atoms with E-state index >= 15 is 0 Å². The molecule has 2 amide bonds. The van der Waals surface area contributed by atoms with Crippen LogP contribution in [0.5, 0.6) is 0 Å². The maximum absolute atomic E-state index is 13.0. The van der Waals surface area contributed by atoms with Gasteiger partial charge in [-0.3, -0.25) is 19.4 Å². The SMILES string of the molecule is CC(C)CCn1cc(C(=O)NCCc2ccccn2)c(=O)c(C(=O)NC2CCCC2)c1. The summed E-state index contributed by atoms with van der Waals surface area (Å²) in [7, 11) is 0. The van der Waals surface area contributed by atoms with Crippen LogP contribution in [0, 0.1) is 5.92 Å². The zero-order valence-corrected chi connectivity index (χ0v) is 18.4. The average Bonchev–Trinajstić information content (AvgIpc) is 3.26. The van der Waals surface area contributed by atoms with Crippen LogP contribution in [-0.4, -0.2) is 34.0 Å². The molecule has 0 bridgehead atoms. The summed E-state index contributed by atoms with van der Waals surface area (Å²) in [5.74, 6) is -0.390. The van der Waals surface area contributed by atoms with Crippen LogP contribution in [0.4, 0.5) is 0 Å². The monoisotopic (exact) mass is 424 g/mol. The molecule has 7 heteroatoms. The molecular weight excluding hydrogens is 392 g/mol. The lowest BCUT2D eigenvalue weighted by Crippen LogP contribution is -2.39. The van der Waals surface area contributed by atoms with Crippen molar-refractivity contribution in [3.8, 4) is 0 Å². The predicted molar refractivity (Wildman–Crippen MR) is 120 cm³/mol. The number of pyridine rings is 2. The van der Waals surface area contributed by atoms with Crippen molar-refractivity contribution in [1.29, 1.82) is 0 Å². The Hall–Kier alpha value is -2.96. The Labute approximate surface area is 183 Å². The summed E-state index contributed by atoms with van der Waals surface area (Å²) in [4.78, 5) is 42.8. The summed E-state index contributed by atoms with van der Waals surface area (Å²) < 4.78 is 1.79. The molecule has 1 aliphatic rings. The summed E-state index contributed by atoms with van der Waals surface area (Å²) in [6, 6.07) is 5.72. The largest absolute Gasteiger partial charge is 0.352 e. The first-order chi connectivity index (χ1) is 14.9. The van der Waals surface area contributed by atoms with Crippen molar-refractivity contribution in [2.24, 2.45) is 5.92 Å². The molecule has 0 aliphatic heterocycles. The molecule has 31 heavy (non-hydrogen) atoms. The summed E-state index contributed by atoms with van der Waals surface area (Å²) in [5.41, 5.74) is 0.380. The minimum absolute atomic E-state index is 0.00356. The molecule has 166 valence electrons. The third-order valence-electron chi connectivity index (χ3n) is 5.62. The molecule has 0 atom stereocenters. The first-order valence-corrected chi connectivity index (χ1v) is 11.2. The van der Waals surface area contributed by atoms with Crippen molar-refractivity contribution < 1.29 is 9.59 Å². The lowest BCUT2D eigenvalue weighted by molar-refractivity contribution is 0.0936. The normalized spacial score (nSPS) is 14.0. The molecule has 7 nitrogen and oxygen atoms in total. The zero-order chi connectivity index (χ0) is 22.2. The van der Waals surface area contributed by atoms with Gasteiger partial charge in [-0.1, -0.05) is 32.8 Å². The number of carbonyl (C=O) groups is 2. The van der Waals surface area contributed by atoms with Gasteiger partial charge in [-0.15, -0.1) is 0 Å². The van der Waals surface area contributed by atoms with Crippen LogP contribution >= 0.6 is 0 Å². The second kappa shape index (κ2) is 10.9. The number of nitrogens with one attached hydrogen (secondary N) is 2. The van der Waals surface area contributed by atoms with Crippen LogP contribution < -0.4 is 16.1 Å². The van der Waals surface area contributed by atoms with Crippen molar-refractivity contribution >= 4 is 11.8 Å². The summed E-state index contributed by atoms with van der Waals surface area (Å²) in [6.07, 6.45) is 10.3. The zero-order valence-electron chi connectivity index (χ0n) is 18.4. The Morgan fingerprint density at radius 3 is 2.48 bits per heavy atom. The summed E-state index contributed by atoms with van der Waals surface area (Å²) in [5, 5.41) is 5.76. The number of hydrogen-bond donors (Lipinski definition) is 2. The average molecular weight is 425 g/mol. The van der Waals surface area contributed by atoms with Crippen molar-refractivity contribution in [2.45, 2.75) is 65.0 Å². The van der Waals surface area contributed by atoms with Crippen molar-refractivity contribution in [1.82, 2.24) is 20.2 Å². The van der Waals surface area contributed by atoms with E-state index in [2.05, 4.69) is 29.5 Å². The van der Waals surface area contributed by atoms with Gasteiger partial charge in [-0.25, -0.2) is 0 Å². The highest BCUT2D eigenvalue weighted by molar-refractivity contribution is 5.99. The fourth-order valence-electron chi connectivity index (χ4n) is 3.77. The molecule has 1 aliphatic carbocycles. The minimum atomic E-state index is -0.522. The fourth-order valence-corrected chi connectivity index (χ4v) is 3.77. The van der Waals surface area contributed by atoms with Gasteiger partial charge < -0.3 is 15.2 Å². The maximum Gasteiger partial charge on any atom is 0.256 e. The van der Waals surface area contributed by atoms with E-state index in [9.17, 15) is 14.4 Å². The molecule has 0 radical (unpaired) electrons. The number of carbonyl (C=O) groups excluding carboxylic acids is 2. The molecule has 0 aromatic carbocycles. The maximum atomic E-state index is 13.0. The Morgan fingerprint density at radius 1 is 1.13 bits per heavy atom. The topological polar surface area (TPSA) is 93.1 Å². The van der Waals surface area contributed by atoms with Gasteiger partial charge in [0.2, 0.25) is 5.43 Å². The number of hydrogen-bond acceptors (Lipinski definition) is 4. The fraction of sp³-hybridized carbons (Fsp3) is 0.500. The molecule has 2 N–H and O–H groups in total. The van der Waals surface area contributed by atoms with E-state index in [1.807, 2.05) is 18.2 Å². The van der Waals surface area contributed by atoms with Crippen LogP contribution in [-0.2, 0) is 13.0 Å². The van der Waals surface area contributed by atoms with Crippen molar-refractivity contribution in [3.05, 3.63) is 63.8 Å². The van der Waals surface area contributed by atoms with Gasteiger partial charge in [0.05, 0.1) is 0 Å². The first-order valence-electron chi connectivity index (χ1n) is 11.2. The molecule has 0 saturated heterocycles. The van der Waals surface area contributed by atoms with E-state index in [4.69, 9.17) is 0 Å². The summed E-state index contributed by atoms with van der Waals surface area (Å²) >= 11 is 0. The lowest BCUT2D eigenvalue weighted by atomic mass is 10.1. The summed E-state index contributed by atoms with van der Waals surface area (Å²) in [6.45, 7) is 5.22. The first kappa shape index (κ1) is 22.7. The standard InChI is InChI=1S/C24H32N4O3/c1-17(2)11-14-28-15-20(23(30)26-13-10-18-7-5-6-12-25-18)22(29)21(16-28)24(31)27-19-8-3-4-9-19/h5-7,12,15-17,19H,3-4,8-11,13-14H2,1-2H3,(H,26,30)(H,27,31). The van der Waals surface area contributed by atoms with E-state index in [1.54, 1.807) is 23.2 Å². The highest BCUT2D eigenvalue weighted by Gasteiger charge is 2.23. The second-order valence-corrected chi connectivity index (χ2v) is 8.62. The molecule has 2 aromatic heterocycles. The van der Waals surface area contributed by atoms with Gasteiger partial charge in [-0.05, 0) is 37.3 Å². The van der Waals surface area contributed by atoms with E-state index < -0.39 is 17.2 Å². The van der Waals surface area contributed by atoms with Gasteiger partial charge in [-0.2, -0.15) is 0 Å². The Kier molecular flexibility index (Phi) is 7.98. The van der Waals surface area contributed by atoms with Gasteiger partial charge in [0.25, 0.3) is 11.8 Å². The van der Waals surface area contributed by atoms with Crippen LogP contribution in [0.15, 0.2) is 41.6 Å². The van der Waals surface area contributed by atoms with Gasteiger partial charge >= 0.3 is 0 Å². The Bertz CT molecular complexity index is 947. The molecule has 1 saturated carbocycles. The predicted octanol–water partition coefficient (Wildman–Crippen LogP) is 2.93. The highest BCUT2D eigenvalue weighted by Crippen LogP contribution is 2.18. The molecule has 0 spiro atoms. The van der Waals surface area contributed by atoms with Gasteiger partial charge in [0, 0.05) is 49.8 Å². The van der Waals surface area contributed by atoms with Gasteiger partial charge in [0.15, 0.2) is 0 Å². The number of aromatic nitrogens is 2. The van der Waals surface area contributed by atoms with Crippen molar-refractivity contribution in [3.63, 3.8) is 0 Å². The van der Waals surface area contributed by atoms with Crippen LogP contribution in [0.25, 0.3) is 0 Å². The highest BCUT2D eigenvalue weighted by atomic mass is 16.2. The Morgan fingerprint density at radius 2 is 1.84 bits per heavy atom. The molecule has 2 heterocycles. The van der Waals surface area contributed by atoms with E-state index in [1.165, 1.54) is 0 Å². The van der Waals surface area contributed by atoms with E-state index in [0.29, 0.717) is 25.4 Å². The third-order valence-corrected chi connectivity index (χ3v) is 5.62. The quantitative estimate of drug-likeness (QED) is 0.647. The molecular formula is C24H32N4O3. The molecule has 3 rings (SSSR count). The number of nitrogens with zero attached hydrogens (tertiary/aromatic N) is 2. The van der Waals surface area contributed by atoms with E-state index in [0.717, 1.165) is 37.8 Å². The second-order valence-electron chi connectivity index (χ2n) is 8.62. The smallest absolute Gasteiger partial charge is 0.256 e. The number of amides is 2. The van der Waals surface area contributed by atoms with E-state index in [-0.39, 0.29) is 17.2 Å². The van der Waals surface area contributed by atoms with Crippen LogP contribution in [0.3, 0.4) is 0 Å². The van der Waals surface area contributed by atoms with Crippen molar-refractivity contribution in [2.75, 3.05) is 6.54 Å². The molecule has 1 fully saturated rings. The van der Waals surface area contributed by atoms with Crippen LogP contribution in [0.1, 0.15) is 72.4 Å². The minimum Gasteiger partial charge on any atom is -0.352 e. The molecule has 2 aromatic rings. The number of aryl methyl sites for hydroxylation is 1. The third kappa shape index (κ3) is 6.51. The lowest BCUT2D eigenvalue weighted by Gasteiger charge is -2.15.